The number of nitrogens with zero attached hydrogens (tertiary/aromatic N) is 2. The van der Waals surface area contributed by atoms with Gasteiger partial charge in [0, 0.05) is 17.6 Å². The lowest BCUT2D eigenvalue weighted by Crippen LogP contribution is -2.53. The minimum absolute atomic E-state index is 0.0767. The number of rotatable bonds is 10. The van der Waals surface area contributed by atoms with Crippen LogP contribution in [0, 0.1) is 6.92 Å². The lowest BCUT2D eigenvalue weighted by atomic mass is 9.95. The summed E-state index contributed by atoms with van der Waals surface area (Å²) in [6.07, 6.45) is 5.11. The summed E-state index contributed by atoms with van der Waals surface area (Å²) in [5, 5.41) is 3.62. The third-order valence-corrected chi connectivity index (χ3v) is 9.32. The Labute approximate surface area is 242 Å². The van der Waals surface area contributed by atoms with Crippen molar-refractivity contribution in [3.05, 3.63) is 95.0 Å². The van der Waals surface area contributed by atoms with E-state index in [0.29, 0.717) is 10.7 Å². The van der Waals surface area contributed by atoms with Crippen molar-refractivity contribution in [1.82, 2.24) is 10.2 Å². The van der Waals surface area contributed by atoms with Crippen LogP contribution in [0.5, 0.6) is 0 Å². The molecule has 9 heteroatoms. The average molecular weight is 582 g/mol. The van der Waals surface area contributed by atoms with Gasteiger partial charge in [0.25, 0.3) is 10.0 Å². The summed E-state index contributed by atoms with van der Waals surface area (Å²) in [6, 6.07) is 21.4. The van der Waals surface area contributed by atoms with E-state index in [4.69, 9.17) is 11.6 Å². The van der Waals surface area contributed by atoms with E-state index < -0.39 is 28.5 Å². The Hall–Kier alpha value is -3.36. The summed E-state index contributed by atoms with van der Waals surface area (Å²) in [7, 11) is -4.08. The molecule has 3 aromatic rings. The summed E-state index contributed by atoms with van der Waals surface area (Å²) in [5.74, 6) is -0.749. The first-order valence-electron chi connectivity index (χ1n) is 13.6. The average Bonchev–Trinajstić information content (AvgIpc) is 2.95. The van der Waals surface area contributed by atoms with Gasteiger partial charge < -0.3 is 10.2 Å². The number of sulfonamides is 1. The highest BCUT2D eigenvalue weighted by molar-refractivity contribution is 7.92. The molecule has 1 saturated carbocycles. The van der Waals surface area contributed by atoms with E-state index in [0.717, 1.165) is 47.5 Å². The van der Waals surface area contributed by atoms with Crippen LogP contribution >= 0.6 is 11.6 Å². The maximum absolute atomic E-state index is 14.0. The zero-order chi connectivity index (χ0) is 28.7. The van der Waals surface area contributed by atoms with Crippen molar-refractivity contribution in [1.29, 1.82) is 0 Å². The maximum atomic E-state index is 14.0. The van der Waals surface area contributed by atoms with Gasteiger partial charge in [-0.1, -0.05) is 78.9 Å². The highest BCUT2D eigenvalue weighted by Crippen LogP contribution is 2.25. The molecule has 3 aromatic carbocycles. The molecule has 7 nitrogen and oxygen atoms in total. The Bertz CT molecular complexity index is 1410. The second-order valence-electron chi connectivity index (χ2n) is 10.3. The minimum Gasteiger partial charge on any atom is -0.352 e. The number of amides is 2. The molecular weight excluding hydrogens is 546 g/mol. The van der Waals surface area contributed by atoms with E-state index in [-0.39, 0.29) is 23.4 Å². The Balaban J connectivity index is 1.66. The van der Waals surface area contributed by atoms with Crippen molar-refractivity contribution >= 4 is 39.1 Å². The van der Waals surface area contributed by atoms with Crippen LogP contribution in [-0.4, -0.2) is 43.8 Å². The van der Waals surface area contributed by atoms with Gasteiger partial charge in [-0.3, -0.25) is 13.9 Å². The fourth-order valence-electron chi connectivity index (χ4n) is 4.94. The molecule has 0 aromatic heterocycles. The fraction of sp³-hybridized carbons (Fsp3) is 0.355. The zero-order valence-electron chi connectivity index (χ0n) is 22.9. The van der Waals surface area contributed by atoms with E-state index >= 15 is 0 Å². The van der Waals surface area contributed by atoms with Crippen LogP contribution in [0.4, 0.5) is 5.69 Å². The molecule has 1 atom stereocenters. The molecule has 1 fully saturated rings. The van der Waals surface area contributed by atoms with Crippen LogP contribution < -0.4 is 9.62 Å². The lowest BCUT2D eigenvalue weighted by molar-refractivity contribution is -0.139. The summed E-state index contributed by atoms with van der Waals surface area (Å²) >= 11 is 6.21. The summed E-state index contributed by atoms with van der Waals surface area (Å²) in [4.78, 5) is 28.9. The van der Waals surface area contributed by atoms with E-state index in [1.54, 1.807) is 67.6 Å². The van der Waals surface area contributed by atoms with Gasteiger partial charge >= 0.3 is 0 Å². The molecule has 0 heterocycles. The molecule has 1 aliphatic rings. The second kappa shape index (κ2) is 13.3. The van der Waals surface area contributed by atoms with Gasteiger partial charge in [0.2, 0.25) is 11.8 Å². The van der Waals surface area contributed by atoms with Gasteiger partial charge in [-0.05, 0) is 68.7 Å². The van der Waals surface area contributed by atoms with Crippen molar-refractivity contribution in [2.75, 3.05) is 10.8 Å². The van der Waals surface area contributed by atoms with E-state index in [1.807, 2.05) is 13.0 Å². The molecule has 0 aliphatic heterocycles. The number of carbonyl (C=O) groups is 2. The topological polar surface area (TPSA) is 86.8 Å². The fourth-order valence-corrected chi connectivity index (χ4v) is 6.59. The molecule has 4 rings (SSSR count). The smallest absolute Gasteiger partial charge is 0.264 e. The van der Waals surface area contributed by atoms with E-state index in [9.17, 15) is 18.0 Å². The van der Waals surface area contributed by atoms with Gasteiger partial charge in [0.15, 0.2) is 0 Å². The number of halogens is 1. The Morgan fingerprint density at radius 2 is 1.62 bits per heavy atom. The monoisotopic (exact) mass is 581 g/mol. The molecule has 1 N–H and O–H groups in total. The molecule has 40 heavy (non-hydrogen) atoms. The molecule has 0 bridgehead atoms. The largest absolute Gasteiger partial charge is 0.352 e. The molecule has 2 amide bonds. The predicted octanol–water partition coefficient (Wildman–Crippen LogP) is 5.71. The highest BCUT2D eigenvalue weighted by Gasteiger charge is 2.33. The summed E-state index contributed by atoms with van der Waals surface area (Å²) in [6.45, 7) is 3.22. The van der Waals surface area contributed by atoms with Crippen LogP contribution in [0.1, 0.15) is 50.2 Å². The van der Waals surface area contributed by atoms with E-state index in [1.165, 1.54) is 17.0 Å². The van der Waals surface area contributed by atoms with Crippen LogP contribution in [0.2, 0.25) is 5.02 Å². The summed E-state index contributed by atoms with van der Waals surface area (Å²) in [5.41, 5.74) is 2.07. The van der Waals surface area contributed by atoms with Gasteiger partial charge in [-0.25, -0.2) is 8.42 Å². The standard InChI is InChI=1S/C31H36ClN3O4S/c1-23-16-18-28(19-17-23)35(40(38,39)29-14-7-4-8-15-29)22-30(36)34(21-25-10-9-11-26(32)20-25)24(2)31(37)33-27-12-5-3-6-13-27/h4,7-11,14-20,24,27H,3,5-6,12-13,21-22H2,1-2H3,(H,33,37)/t24-/m0/s1. The number of hydrogen-bond donors (Lipinski definition) is 1. The van der Waals surface area contributed by atoms with Gasteiger partial charge in [0.05, 0.1) is 10.6 Å². The van der Waals surface area contributed by atoms with Crippen LogP contribution in [-0.2, 0) is 26.2 Å². The van der Waals surface area contributed by atoms with Crippen LogP contribution in [0.25, 0.3) is 0 Å². The normalized spacial score (nSPS) is 14.8. The second-order valence-corrected chi connectivity index (χ2v) is 12.6. The first-order chi connectivity index (χ1) is 19.1. The lowest BCUT2D eigenvalue weighted by Gasteiger charge is -2.33. The molecule has 0 spiro atoms. The number of benzene rings is 3. The Morgan fingerprint density at radius 3 is 2.27 bits per heavy atom. The number of nitrogens with one attached hydrogen (secondary N) is 1. The summed E-state index contributed by atoms with van der Waals surface area (Å²) < 4.78 is 28.7. The van der Waals surface area contributed by atoms with Crippen molar-refractivity contribution in [3.8, 4) is 0 Å². The number of carbonyl (C=O) groups excluding carboxylic acids is 2. The highest BCUT2D eigenvalue weighted by atomic mass is 35.5. The number of aryl methyl sites for hydroxylation is 1. The van der Waals surface area contributed by atoms with Crippen molar-refractivity contribution in [3.63, 3.8) is 0 Å². The number of anilines is 1. The van der Waals surface area contributed by atoms with Crippen LogP contribution in [0.3, 0.4) is 0 Å². The third-order valence-electron chi connectivity index (χ3n) is 7.29. The SMILES string of the molecule is Cc1ccc(N(CC(=O)N(Cc2cccc(Cl)c2)[C@@H](C)C(=O)NC2CCCCC2)S(=O)(=O)c2ccccc2)cc1. The van der Waals surface area contributed by atoms with Crippen molar-refractivity contribution < 1.29 is 18.0 Å². The molecule has 0 saturated heterocycles. The Morgan fingerprint density at radius 1 is 0.950 bits per heavy atom. The maximum Gasteiger partial charge on any atom is 0.264 e. The van der Waals surface area contributed by atoms with Crippen LogP contribution in [0.15, 0.2) is 83.8 Å². The van der Waals surface area contributed by atoms with Gasteiger partial charge in [-0.15, -0.1) is 0 Å². The predicted molar refractivity (Wildman–Crippen MR) is 159 cm³/mol. The molecule has 1 aliphatic carbocycles. The van der Waals surface area contributed by atoms with Crippen molar-refractivity contribution in [2.45, 2.75) is 69.5 Å². The minimum atomic E-state index is -4.08. The third kappa shape index (κ3) is 7.43. The Kier molecular flexibility index (Phi) is 9.87. The molecule has 0 radical (unpaired) electrons. The first kappa shape index (κ1) is 29.6. The van der Waals surface area contributed by atoms with E-state index in [2.05, 4.69) is 5.32 Å². The molecule has 0 unspecified atom stereocenters. The van der Waals surface area contributed by atoms with Gasteiger partial charge in [-0.2, -0.15) is 0 Å². The molecular formula is C31H36ClN3O4S. The first-order valence-corrected chi connectivity index (χ1v) is 15.5. The molecule has 212 valence electrons. The zero-order valence-corrected chi connectivity index (χ0v) is 24.5. The number of hydrogen-bond acceptors (Lipinski definition) is 4. The van der Waals surface area contributed by atoms with Gasteiger partial charge in [0.1, 0.15) is 12.6 Å². The quantitative estimate of drug-likeness (QED) is 0.332. The van der Waals surface area contributed by atoms with Crippen molar-refractivity contribution in [2.24, 2.45) is 0 Å².